The number of nitrogens with one attached hydrogen (secondary N) is 2. The highest BCUT2D eigenvalue weighted by atomic mass is 79.9. The SMILES string of the molecule is CNc1ncc(Br)c(NCC(C)C(C)(C)C)n1. The van der Waals surface area contributed by atoms with Gasteiger partial charge in [-0.2, -0.15) is 4.98 Å². The van der Waals surface area contributed by atoms with Crippen molar-refractivity contribution in [3.8, 4) is 0 Å². The van der Waals surface area contributed by atoms with Crippen LogP contribution in [0.15, 0.2) is 10.7 Å². The van der Waals surface area contributed by atoms with Gasteiger partial charge in [-0.3, -0.25) is 0 Å². The van der Waals surface area contributed by atoms with Crippen molar-refractivity contribution >= 4 is 27.7 Å². The van der Waals surface area contributed by atoms with Crippen LogP contribution in [0.1, 0.15) is 27.7 Å². The molecule has 1 rings (SSSR count). The summed E-state index contributed by atoms with van der Waals surface area (Å²) >= 11 is 3.44. The Labute approximate surface area is 112 Å². The van der Waals surface area contributed by atoms with Crippen LogP contribution >= 0.6 is 15.9 Å². The molecule has 0 fully saturated rings. The molecule has 0 saturated heterocycles. The number of aromatic nitrogens is 2. The van der Waals surface area contributed by atoms with Crippen molar-refractivity contribution in [2.24, 2.45) is 11.3 Å². The van der Waals surface area contributed by atoms with Gasteiger partial charge in [0.05, 0.1) is 4.47 Å². The molecule has 0 aliphatic rings. The lowest BCUT2D eigenvalue weighted by atomic mass is 9.82. The van der Waals surface area contributed by atoms with Crippen LogP contribution in [-0.2, 0) is 0 Å². The van der Waals surface area contributed by atoms with Crippen LogP contribution in [0.3, 0.4) is 0 Å². The number of nitrogens with zero attached hydrogens (tertiary/aromatic N) is 2. The van der Waals surface area contributed by atoms with E-state index in [1.54, 1.807) is 6.20 Å². The first kappa shape index (κ1) is 14.2. The largest absolute Gasteiger partial charge is 0.369 e. The molecular weight excluding hydrogens is 280 g/mol. The smallest absolute Gasteiger partial charge is 0.224 e. The van der Waals surface area contributed by atoms with Crippen LogP contribution in [-0.4, -0.2) is 23.6 Å². The third kappa shape index (κ3) is 4.15. The summed E-state index contributed by atoms with van der Waals surface area (Å²) in [6.45, 7) is 9.86. The molecule has 0 radical (unpaired) electrons. The Morgan fingerprint density at radius 1 is 1.41 bits per heavy atom. The summed E-state index contributed by atoms with van der Waals surface area (Å²) in [5, 5.41) is 6.29. The van der Waals surface area contributed by atoms with Crippen molar-refractivity contribution in [3.63, 3.8) is 0 Å². The minimum atomic E-state index is 0.290. The van der Waals surface area contributed by atoms with Crippen molar-refractivity contribution in [2.75, 3.05) is 24.2 Å². The number of anilines is 2. The van der Waals surface area contributed by atoms with Gasteiger partial charge < -0.3 is 10.6 Å². The summed E-state index contributed by atoms with van der Waals surface area (Å²) < 4.78 is 0.887. The summed E-state index contributed by atoms with van der Waals surface area (Å²) in [5.41, 5.74) is 0.290. The van der Waals surface area contributed by atoms with E-state index in [1.807, 2.05) is 7.05 Å². The standard InChI is InChI=1S/C12H21BrN4/c1-8(12(2,3)4)6-15-10-9(13)7-16-11(14-5)17-10/h7-8H,6H2,1-5H3,(H2,14,15,16,17). The third-order valence-electron chi connectivity index (χ3n) is 3.02. The van der Waals surface area contributed by atoms with Gasteiger partial charge in [0, 0.05) is 19.8 Å². The Balaban J connectivity index is 2.69. The van der Waals surface area contributed by atoms with Crippen LogP contribution in [0.25, 0.3) is 0 Å². The van der Waals surface area contributed by atoms with Crippen molar-refractivity contribution < 1.29 is 0 Å². The van der Waals surface area contributed by atoms with Crippen molar-refractivity contribution in [1.82, 2.24) is 9.97 Å². The monoisotopic (exact) mass is 300 g/mol. The molecular formula is C12H21BrN4. The summed E-state index contributed by atoms with van der Waals surface area (Å²) in [7, 11) is 1.81. The highest BCUT2D eigenvalue weighted by Crippen LogP contribution is 2.26. The summed E-state index contributed by atoms with van der Waals surface area (Å²) in [6, 6.07) is 0. The van der Waals surface area contributed by atoms with Crippen LogP contribution in [0.5, 0.6) is 0 Å². The molecule has 1 aromatic heterocycles. The van der Waals surface area contributed by atoms with Gasteiger partial charge in [-0.15, -0.1) is 0 Å². The first-order valence-electron chi connectivity index (χ1n) is 5.78. The zero-order valence-electron chi connectivity index (χ0n) is 11.1. The zero-order chi connectivity index (χ0) is 13.1. The Bertz CT molecular complexity index is 373. The summed E-state index contributed by atoms with van der Waals surface area (Å²) in [5.74, 6) is 2.02. The Kier molecular flexibility index (Phi) is 4.74. The highest BCUT2D eigenvalue weighted by Gasteiger charge is 2.20. The Hall–Kier alpha value is -0.840. The number of halogens is 1. The second-order valence-electron chi connectivity index (χ2n) is 5.29. The fraction of sp³-hybridized carbons (Fsp3) is 0.667. The molecule has 0 spiro atoms. The van der Waals surface area contributed by atoms with Crippen LogP contribution in [0.4, 0.5) is 11.8 Å². The maximum Gasteiger partial charge on any atom is 0.224 e. The van der Waals surface area contributed by atoms with E-state index in [9.17, 15) is 0 Å². The van der Waals surface area contributed by atoms with Crippen molar-refractivity contribution in [1.29, 1.82) is 0 Å². The molecule has 0 aliphatic carbocycles. The molecule has 1 unspecified atom stereocenters. The van der Waals surface area contributed by atoms with E-state index in [2.05, 4.69) is 64.2 Å². The molecule has 0 amide bonds. The average molecular weight is 301 g/mol. The van der Waals surface area contributed by atoms with E-state index in [0.717, 1.165) is 16.8 Å². The first-order chi connectivity index (χ1) is 7.84. The van der Waals surface area contributed by atoms with E-state index >= 15 is 0 Å². The van der Waals surface area contributed by atoms with Gasteiger partial charge in [0.15, 0.2) is 0 Å². The molecule has 0 aromatic carbocycles. The van der Waals surface area contributed by atoms with Gasteiger partial charge in [0.25, 0.3) is 0 Å². The van der Waals surface area contributed by atoms with Crippen LogP contribution in [0.2, 0.25) is 0 Å². The highest BCUT2D eigenvalue weighted by molar-refractivity contribution is 9.10. The summed E-state index contributed by atoms with van der Waals surface area (Å²) in [6.07, 6.45) is 1.75. The van der Waals surface area contributed by atoms with E-state index in [1.165, 1.54) is 0 Å². The van der Waals surface area contributed by atoms with Gasteiger partial charge in [-0.05, 0) is 27.3 Å². The van der Waals surface area contributed by atoms with Gasteiger partial charge >= 0.3 is 0 Å². The van der Waals surface area contributed by atoms with Gasteiger partial charge in [-0.1, -0.05) is 27.7 Å². The molecule has 1 heterocycles. The van der Waals surface area contributed by atoms with E-state index in [0.29, 0.717) is 17.3 Å². The predicted octanol–water partition coefficient (Wildman–Crippen LogP) is 3.37. The molecule has 1 aromatic rings. The van der Waals surface area contributed by atoms with Gasteiger partial charge in [0.1, 0.15) is 5.82 Å². The molecule has 0 saturated carbocycles. The lowest BCUT2D eigenvalue weighted by Crippen LogP contribution is -2.25. The lowest BCUT2D eigenvalue weighted by molar-refractivity contribution is 0.274. The molecule has 1 atom stereocenters. The molecule has 17 heavy (non-hydrogen) atoms. The molecule has 2 N–H and O–H groups in total. The molecule has 0 aliphatic heterocycles. The number of hydrogen-bond donors (Lipinski definition) is 2. The van der Waals surface area contributed by atoms with Gasteiger partial charge in [-0.25, -0.2) is 4.98 Å². The molecule has 0 bridgehead atoms. The van der Waals surface area contributed by atoms with Crippen molar-refractivity contribution in [3.05, 3.63) is 10.7 Å². The Morgan fingerprint density at radius 2 is 2.06 bits per heavy atom. The second-order valence-corrected chi connectivity index (χ2v) is 6.14. The number of rotatable bonds is 4. The zero-order valence-corrected chi connectivity index (χ0v) is 12.7. The quantitative estimate of drug-likeness (QED) is 0.895. The normalized spacial score (nSPS) is 13.3. The minimum absolute atomic E-state index is 0.290. The van der Waals surface area contributed by atoms with Crippen LogP contribution < -0.4 is 10.6 Å². The lowest BCUT2D eigenvalue weighted by Gasteiger charge is -2.27. The molecule has 4 nitrogen and oxygen atoms in total. The van der Waals surface area contributed by atoms with Gasteiger partial charge in [0.2, 0.25) is 5.95 Å². The Morgan fingerprint density at radius 3 is 2.59 bits per heavy atom. The third-order valence-corrected chi connectivity index (χ3v) is 3.60. The fourth-order valence-corrected chi connectivity index (χ4v) is 1.50. The summed E-state index contributed by atoms with van der Waals surface area (Å²) in [4.78, 5) is 8.49. The maximum absolute atomic E-state index is 4.36. The molecule has 96 valence electrons. The van der Waals surface area contributed by atoms with Crippen LogP contribution in [0, 0.1) is 11.3 Å². The second kappa shape index (κ2) is 5.67. The van der Waals surface area contributed by atoms with E-state index < -0.39 is 0 Å². The first-order valence-corrected chi connectivity index (χ1v) is 6.58. The molecule has 5 heteroatoms. The fourth-order valence-electron chi connectivity index (χ4n) is 1.17. The number of hydrogen-bond acceptors (Lipinski definition) is 4. The van der Waals surface area contributed by atoms with E-state index in [-0.39, 0.29) is 0 Å². The maximum atomic E-state index is 4.36. The minimum Gasteiger partial charge on any atom is -0.369 e. The predicted molar refractivity (Wildman–Crippen MR) is 76.4 cm³/mol. The average Bonchev–Trinajstić information content (AvgIpc) is 2.26. The van der Waals surface area contributed by atoms with E-state index in [4.69, 9.17) is 0 Å². The van der Waals surface area contributed by atoms with Crippen molar-refractivity contribution in [2.45, 2.75) is 27.7 Å². The topological polar surface area (TPSA) is 49.8 Å².